The van der Waals surface area contributed by atoms with Crippen molar-refractivity contribution in [3.05, 3.63) is 12.7 Å². The molecule has 5 nitrogen and oxygen atoms in total. The van der Waals surface area contributed by atoms with E-state index >= 15 is 0 Å². The first kappa shape index (κ1) is 15.6. The lowest BCUT2D eigenvalue weighted by Gasteiger charge is -2.29. The molecule has 0 aromatic carbocycles. The van der Waals surface area contributed by atoms with Crippen LogP contribution >= 0.6 is 0 Å². The number of nitrogens with zero attached hydrogens (tertiary/aromatic N) is 1. The van der Waals surface area contributed by atoms with Crippen LogP contribution < -0.4 is 0 Å². The fourth-order valence-corrected chi connectivity index (χ4v) is 1.76. The second-order valence-electron chi connectivity index (χ2n) is 4.39. The Hall–Kier alpha value is -0.430. The van der Waals surface area contributed by atoms with Crippen molar-refractivity contribution < 1.29 is 22.2 Å². The molecule has 0 saturated carbocycles. The van der Waals surface area contributed by atoms with Crippen LogP contribution in [0.15, 0.2) is 12.7 Å². The molecule has 0 aromatic heterocycles. The molecule has 0 atom stereocenters. The van der Waals surface area contributed by atoms with Gasteiger partial charge in [0, 0.05) is 6.42 Å². The molecule has 1 N–H and O–H groups in total. The minimum atomic E-state index is -3.83. The van der Waals surface area contributed by atoms with Crippen LogP contribution in [0.25, 0.3) is 0 Å². The largest absolute Gasteiger partial charge is 0.372 e. The minimum absolute atomic E-state index is 0.178. The first-order valence-electron chi connectivity index (χ1n) is 5.23. The zero-order valence-corrected chi connectivity index (χ0v) is 10.9. The van der Waals surface area contributed by atoms with E-state index in [0.717, 1.165) is 6.54 Å². The van der Waals surface area contributed by atoms with E-state index in [-0.39, 0.29) is 5.75 Å². The highest BCUT2D eigenvalue weighted by Gasteiger charge is 2.16. The second-order valence-corrected chi connectivity index (χ2v) is 5.96. The zero-order valence-electron chi connectivity index (χ0n) is 10.1. The van der Waals surface area contributed by atoms with E-state index < -0.39 is 10.1 Å². The van der Waals surface area contributed by atoms with Crippen LogP contribution in [0.3, 0.4) is 0 Å². The number of hydrogen-bond acceptors (Lipinski definition) is 3. The predicted molar refractivity (Wildman–Crippen MR) is 63.9 cm³/mol. The van der Waals surface area contributed by atoms with Gasteiger partial charge in [-0.05, 0) is 0 Å². The Bertz CT molecular complexity index is 298. The average molecular weight is 252 g/mol. The Morgan fingerprint density at radius 3 is 2.50 bits per heavy atom. The SMILES string of the molecule is C=CCOCC[N+](C)(C)CCCS(=O)(=O)O. The number of rotatable bonds is 9. The molecule has 0 amide bonds. The van der Waals surface area contributed by atoms with Gasteiger partial charge in [0.15, 0.2) is 0 Å². The van der Waals surface area contributed by atoms with E-state index in [9.17, 15) is 8.42 Å². The molecule has 96 valence electrons. The smallest absolute Gasteiger partial charge is 0.265 e. The van der Waals surface area contributed by atoms with E-state index in [1.807, 2.05) is 14.1 Å². The molecule has 6 heteroatoms. The van der Waals surface area contributed by atoms with Gasteiger partial charge in [-0.1, -0.05) is 6.08 Å². The standard InChI is InChI=1S/C10H21NO4S/c1-4-8-15-9-7-11(2,3)6-5-10-16(12,13)14/h4H,1,5-10H2,2-3H3/p+1. The molecule has 0 spiro atoms. The maximum atomic E-state index is 10.5. The highest BCUT2D eigenvalue weighted by molar-refractivity contribution is 7.85. The molecule has 0 bridgehead atoms. The van der Waals surface area contributed by atoms with Crippen molar-refractivity contribution in [3.8, 4) is 0 Å². The third kappa shape index (κ3) is 10.1. The van der Waals surface area contributed by atoms with E-state index in [1.54, 1.807) is 6.08 Å². The molecule has 0 aliphatic heterocycles. The maximum absolute atomic E-state index is 10.5. The minimum Gasteiger partial charge on any atom is -0.372 e. The van der Waals surface area contributed by atoms with Crippen molar-refractivity contribution in [2.45, 2.75) is 6.42 Å². The fourth-order valence-electron chi connectivity index (χ4n) is 1.27. The normalized spacial score (nSPS) is 12.7. The maximum Gasteiger partial charge on any atom is 0.265 e. The Morgan fingerprint density at radius 2 is 2.00 bits per heavy atom. The van der Waals surface area contributed by atoms with E-state index in [1.165, 1.54) is 0 Å². The molecule has 0 unspecified atom stereocenters. The highest BCUT2D eigenvalue weighted by atomic mass is 32.2. The molecule has 0 aliphatic carbocycles. The molecule has 0 saturated heterocycles. The summed E-state index contributed by atoms with van der Waals surface area (Å²) in [6.45, 7) is 6.19. The summed E-state index contributed by atoms with van der Waals surface area (Å²) >= 11 is 0. The van der Waals surface area contributed by atoms with Gasteiger partial charge in [-0.25, -0.2) is 0 Å². The van der Waals surface area contributed by atoms with Crippen LogP contribution in [0.4, 0.5) is 0 Å². The third-order valence-corrected chi connectivity index (χ3v) is 3.05. The van der Waals surface area contributed by atoms with Crippen LogP contribution in [-0.4, -0.2) is 63.6 Å². The summed E-state index contributed by atoms with van der Waals surface area (Å²) < 4.78 is 35.6. The van der Waals surface area contributed by atoms with Crippen LogP contribution in [0.5, 0.6) is 0 Å². The molecule has 0 radical (unpaired) electrons. The molecule has 0 aromatic rings. The summed E-state index contributed by atoms with van der Waals surface area (Å²) in [7, 11) is 0.172. The predicted octanol–water partition coefficient (Wildman–Crippen LogP) is 0.543. The van der Waals surface area contributed by atoms with Gasteiger partial charge in [-0.3, -0.25) is 4.55 Å². The molecule has 0 aliphatic rings. The summed E-state index contributed by atoms with van der Waals surface area (Å²) in [5, 5.41) is 0. The topological polar surface area (TPSA) is 63.6 Å². The van der Waals surface area contributed by atoms with Gasteiger partial charge < -0.3 is 9.22 Å². The lowest BCUT2D eigenvalue weighted by molar-refractivity contribution is -0.890. The van der Waals surface area contributed by atoms with Gasteiger partial charge in [0.05, 0.1) is 39.6 Å². The number of quaternary nitrogens is 1. The Balaban J connectivity index is 3.73. The monoisotopic (exact) mass is 252 g/mol. The fraction of sp³-hybridized carbons (Fsp3) is 0.800. The summed E-state index contributed by atoms with van der Waals surface area (Å²) in [5.41, 5.74) is 0. The Labute approximate surface area is 98.0 Å². The number of ether oxygens (including phenoxy) is 1. The Morgan fingerprint density at radius 1 is 1.38 bits per heavy atom. The summed E-state index contributed by atoms with van der Waals surface area (Å²) in [6.07, 6.45) is 2.14. The van der Waals surface area contributed by atoms with Crippen molar-refractivity contribution in [3.63, 3.8) is 0 Å². The third-order valence-electron chi connectivity index (χ3n) is 2.24. The van der Waals surface area contributed by atoms with Gasteiger partial charge in [0.2, 0.25) is 0 Å². The van der Waals surface area contributed by atoms with Gasteiger partial charge >= 0.3 is 0 Å². The zero-order chi connectivity index (χ0) is 12.7. The Kier molecular flexibility index (Phi) is 6.82. The molecule has 16 heavy (non-hydrogen) atoms. The van der Waals surface area contributed by atoms with Crippen molar-refractivity contribution in [2.75, 3.05) is 46.2 Å². The molecular weight excluding hydrogens is 230 g/mol. The van der Waals surface area contributed by atoms with Crippen molar-refractivity contribution in [1.29, 1.82) is 0 Å². The van der Waals surface area contributed by atoms with Crippen molar-refractivity contribution in [1.82, 2.24) is 0 Å². The van der Waals surface area contributed by atoms with Crippen LogP contribution in [0.1, 0.15) is 6.42 Å². The van der Waals surface area contributed by atoms with Crippen LogP contribution in [0.2, 0.25) is 0 Å². The highest BCUT2D eigenvalue weighted by Crippen LogP contribution is 2.01. The van der Waals surface area contributed by atoms with Crippen molar-refractivity contribution in [2.24, 2.45) is 0 Å². The van der Waals surface area contributed by atoms with Gasteiger partial charge in [-0.2, -0.15) is 8.42 Å². The number of likely N-dealkylation sites (N-methyl/N-ethyl adjacent to an activating group) is 1. The van der Waals surface area contributed by atoms with Crippen molar-refractivity contribution >= 4 is 10.1 Å². The molecule has 0 fully saturated rings. The quantitative estimate of drug-likeness (QED) is 0.282. The molecule has 0 rings (SSSR count). The number of hydrogen-bond donors (Lipinski definition) is 1. The summed E-state index contributed by atoms with van der Waals surface area (Å²) in [6, 6.07) is 0. The van der Waals surface area contributed by atoms with E-state index in [4.69, 9.17) is 9.29 Å². The summed E-state index contributed by atoms with van der Waals surface area (Å²) in [5.74, 6) is -0.178. The van der Waals surface area contributed by atoms with Gasteiger partial charge in [0.25, 0.3) is 10.1 Å². The van der Waals surface area contributed by atoms with Crippen LogP contribution in [-0.2, 0) is 14.9 Å². The lowest BCUT2D eigenvalue weighted by Crippen LogP contribution is -2.43. The molecule has 0 heterocycles. The lowest BCUT2D eigenvalue weighted by atomic mass is 10.4. The first-order chi connectivity index (χ1) is 7.27. The van der Waals surface area contributed by atoms with Gasteiger partial charge in [-0.15, -0.1) is 6.58 Å². The van der Waals surface area contributed by atoms with E-state index in [0.29, 0.717) is 30.7 Å². The average Bonchev–Trinajstić information content (AvgIpc) is 2.10. The van der Waals surface area contributed by atoms with Gasteiger partial charge in [0.1, 0.15) is 6.54 Å². The van der Waals surface area contributed by atoms with Crippen LogP contribution in [0, 0.1) is 0 Å². The summed E-state index contributed by atoms with van der Waals surface area (Å²) in [4.78, 5) is 0. The van der Waals surface area contributed by atoms with E-state index in [2.05, 4.69) is 6.58 Å². The second kappa shape index (κ2) is 7.01. The first-order valence-corrected chi connectivity index (χ1v) is 6.83. The molecular formula is C10H22NO4S+.